The van der Waals surface area contributed by atoms with Crippen LogP contribution in [0.5, 0.6) is 0 Å². The smallest absolute Gasteiger partial charge is 0.251 e. The van der Waals surface area contributed by atoms with E-state index in [1.807, 2.05) is 30.3 Å². The number of nitrogens with one attached hydrogen (secondary N) is 2. The first kappa shape index (κ1) is 30.7. The molecule has 2 heterocycles. The molecule has 1 aliphatic heterocycles. The summed E-state index contributed by atoms with van der Waals surface area (Å²) in [4.78, 5) is 42.8. The summed E-state index contributed by atoms with van der Waals surface area (Å²) in [5.74, 6) is -1.17. The molecule has 0 aliphatic carbocycles. The van der Waals surface area contributed by atoms with Crippen LogP contribution in [0, 0.1) is 22.7 Å². The summed E-state index contributed by atoms with van der Waals surface area (Å²) in [5.41, 5.74) is 3.44. The van der Waals surface area contributed by atoms with Crippen molar-refractivity contribution in [1.29, 1.82) is 10.5 Å². The van der Waals surface area contributed by atoms with Crippen LogP contribution in [0.2, 0.25) is 0 Å². The van der Waals surface area contributed by atoms with Crippen molar-refractivity contribution in [3.63, 3.8) is 0 Å². The molecule has 11 nitrogen and oxygen atoms in total. The Labute approximate surface area is 254 Å². The lowest BCUT2D eigenvalue weighted by Gasteiger charge is -2.25. The third kappa shape index (κ3) is 5.77. The van der Waals surface area contributed by atoms with Gasteiger partial charge in [0.1, 0.15) is 12.1 Å². The minimum Gasteiger partial charge on any atom is -0.341 e. The van der Waals surface area contributed by atoms with Gasteiger partial charge in [-0.3, -0.25) is 14.4 Å². The molecule has 4 aromatic rings. The molecule has 1 aliphatic rings. The van der Waals surface area contributed by atoms with E-state index in [9.17, 15) is 24.9 Å². The van der Waals surface area contributed by atoms with E-state index in [0.717, 1.165) is 10.9 Å². The first-order valence-corrected chi connectivity index (χ1v) is 13.3. The number of rotatable bonds is 6. The van der Waals surface area contributed by atoms with Crippen molar-refractivity contribution in [2.75, 3.05) is 23.4 Å². The Hall–Kier alpha value is -5.23. The summed E-state index contributed by atoms with van der Waals surface area (Å²) in [6.07, 6.45) is 0. The zero-order chi connectivity index (χ0) is 30.0. The molecular weight excluding hydrogens is 568 g/mol. The van der Waals surface area contributed by atoms with Crippen molar-refractivity contribution < 1.29 is 14.4 Å². The Balaban J connectivity index is 0.00000423. The lowest BCUT2D eigenvalue weighted by molar-refractivity contribution is -0.128. The van der Waals surface area contributed by atoms with E-state index < -0.39 is 23.9 Å². The maximum Gasteiger partial charge on any atom is 0.251 e. The van der Waals surface area contributed by atoms with Crippen LogP contribution in [0.25, 0.3) is 16.6 Å². The van der Waals surface area contributed by atoms with E-state index in [0.29, 0.717) is 33.9 Å². The van der Waals surface area contributed by atoms with E-state index in [1.165, 1.54) is 16.7 Å². The fourth-order valence-electron chi connectivity index (χ4n) is 5.03. The zero-order valence-corrected chi connectivity index (χ0v) is 24.6. The van der Waals surface area contributed by atoms with Crippen LogP contribution in [0.1, 0.15) is 30.7 Å². The predicted molar refractivity (Wildman–Crippen MR) is 164 cm³/mol. The molecule has 3 amide bonds. The van der Waals surface area contributed by atoms with Crippen LogP contribution in [0.15, 0.2) is 66.7 Å². The van der Waals surface area contributed by atoms with Gasteiger partial charge in [0.2, 0.25) is 11.8 Å². The van der Waals surface area contributed by atoms with Gasteiger partial charge in [-0.1, -0.05) is 30.3 Å². The number of nitriles is 2. The lowest BCUT2D eigenvalue weighted by atomic mass is 10.1. The summed E-state index contributed by atoms with van der Waals surface area (Å²) in [6.45, 7) is 2.93. The number of fused-ring (bicyclic) bond motifs is 2. The number of para-hydroxylation sites is 2. The number of aromatic nitrogens is 2. The first-order valence-electron chi connectivity index (χ1n) is 13.3. The SMILES string of the molecule is CN[C@@H](C)C(=O)N[C@H]1CN(C(C)=O)c2cc(C#N)ccc2N(Cc2nn(-c3ccccc3C#N)c3ccccc23)C1=O.Cl. The fraction of sp³-hybridized carbons (Fsp3) is 0.226. The number of carbonyl (C=O) groups excluding carboxylic acids is 3. The molecule has 3 aromatic carbocycles. The molecule has 43 heavy (non-hydrogen) atoms. The average molecular weight is 597 g/mol. The van der Waals surface area contributed by atoms with Crippen molar-refractivity contribution in [2.45, 2.75) is 32.5 Å². The van der Waals surface area contributed by atoms with Gasteiger partial charge >= 0.3 is 0 Å². The molecule has 12 heteroatoms. The van der Waals surface area contributed by atoms with E-state index in [4.69, 9.17) is 5.10 Å². The summed E-state index contributed by atoms with van der Waals surface area (Å²) in [5, 5.41) is 30.6. The summed E-state index contributed by atoms with van der Waals surface area (Å²) in [7, 11) is 1.64. The van der Waals surface area contributed by atoms with E-state index in [1.54, 1.807) is 55.1 Å². The van der Waals surface area contributed by atoms with Crippen LogP contribution in [-0.2, 0) is 20.9 Å². The molecule has 2 atom stereocenters. The fourth-order valence-corrected chi connectivity index (χ4v) is 5.03. The van der Waals surface area contributed by atoms with Crippen molar-refractivity contribution in [1.82, 2.24) is 20.4 Å². The van der Waals surface area contributed by atoms with Gasteiger partial charge in [0.05, 0.1) is 64.6 Å². The Morgan fingerprint density at radius 2 is 1.74 bits per heavy atom. The Morgan fingerprint density at radius 1 is 1.02 bits per heavy atom. The van der Waals surface area contributed by atoms with Gasteiger partial charge in [-0.25, -0.2) is 4.68 Å². The second-order valence-electron chi connectivity index (χ2n) is 9.95. The number of anilines is 2. The molecule has 0 radical (unpaired) electrons. The molecule has 0 spiro atoms. The second kappa shape index (κ2) is 12.7. The Bertz CT molecular complexity index is 1800. The highest BCUT2D eigenvalue weighted by Gasteiger charge is 2.37. The second-order valence-corrected chi connectivity index (χ2v) is 9.95. The number of nitrogens with zero attached hydrogens (tertiary/aromatic N) is 6. The van der Waals surface area contributed by atoms with Crippen molar-refractivity contribution >= 4 is 52.4 Å². The number of hydrogen-bond acceptors (Lipinski definition) is 7. The number of halogens is 1. The monoisotopic (exact) mass is 596 g/mol. The standard InChI is InChI=1S/C31H28N8O3.ClH/c1-19(34-3)30(41)35-25-18-37(20(2)40)29-14-21(15-32)12-13-28(29)38(31(25)42)17-24-23-9-5-7-11-27(23)39(36-24)26-10-6-4-8-22(26)16-33;/h4-14,19,25,34H,17-18H2,1-3H3,(H,35,41);1H/t19-,25-;/m0./s1. The molecule has 5 rings (SSSR count). The molecule has 0 saturated carbocycles. The van der Waals surface area contributed by atoms with Gasteiger partial charge in [0, 0.05) is 12.3 Å². The first-order chi connectivity index (χ1) is 20.3. The molecule has 0 bridgehead atoms. The van der Waals surface area contributed by atoms with Gasteiger partial charge in [-0.05, 0) is 50.4 Å². The number of hydrogen-bond donors (Lipinski definition) is 2. The predicted octanol–water partition coefficient (Wildman–Crippen LogP) is 3.18. The maximum atomic E-state index is 14.2. The van der Waals surface area contributed by atoms with E-state index >= 15 is 0 Å². The van der Waals surface area contributed by atoms with Crippen molar-refractivity contribution in [3.05, 3.63) is 83.6 Å². The number of likely N-dealkylation sites (N-methyl/N-ethyl adjacent to an activating group) is 1. The van der Waals surface area contributed by atoms with Crippen molar-refractivity contribution in [3.8, 4) is 17.8 Å². The zero-order valence-electron chi connectivity index (χ0n) is 23.7. The highest BCUT2D eigenvalue weighted by atomic mass is 35.5. The number of benzene rings is 3. The lowest BCUT2D eigenvalue weighted by Crippen LogP contribution is -2.55. The van der Waals surface area contributed by atoms with Crippen LogP contribution in [0.4, 0.5) is 11.4 Å². The summed E-state index contributed by atoms with van der Waals surface area (Å²) < 4.78 is 1.68. The van der Waals surface area contributed by atoms with E-state index in [2.05, 4.69) is 22.8 Å². The van der Waals surface area contributed by atoms with Crippen LogP contribution < -0.4 is 20.4 Å². The molecule has 0 fully saturated rings. The van der Waals surface area contributed by atoms with Crippen LogP contribution in [0.3, 0.4) is 0 Å². The molecule has 0 saturated heterocycles. The third-order valence-electron chi connectivity index (χ3n) is 7.36. The minimum absolute atomic E-state index is 0. The molecule has 218 valence electrons. The quantitative estimate of drug-likeness (QED) is 0.347. The van der Waals surface area contributed by atoms with Gasteiger partial charge in [-0.2, -0.15) is 15.6 Å². The third-order valence-corrected chi connectivity index (χ3v) is 7.36. The van der Waals surface area contributed by atoms with Gasteiger partial charge in [0.25, 0.3) is 5.91 Å². The highest BCUT2D eigenvalue weighted by molar-refractivity contribution is 6.08. The Kier molecular flexibility index (Phi) is 9.10. The largest absolute Gasteiger partial charge is 0.341 e. The van der Waals surface area contributed by atoms with Crippen LogP contribution in [-0.4, -0.2) is 53.2 Å². The molecular formula is C31H29ClN8O3. The minimum atomic E-state index is -1.07. The van der Waals surface area contributed by atoms with Crippen molar-refractivity contribution in [2.24, 2.45) is 0 Å². The normalized spacial score (nSPS) is 15.0. The van der Waals surface area contributed by atoms with E-state index in [-0.39, 0.29) is 31.4 Å². The molecule has 1 aromatic heterocycles. The maximum absolute atomic E-state index is 14.2. The van der Waals surface area contributed by atoms with Gasteiger partial charge in [0.15, 0.2) is 0 Å². The number of carbonyl (C=O) groups is 3. The topological polar surface area (TPSA) is 147 Å². The summed E-state index contributed by atoms with van der Waals surface area (Å²) in [6, 6.07) is 22.1. The number of amides is 3. The highest BCUT2D eigenvalue weighted by Crippen LogP contribution is 2.36. The summed E-state index contributed by atoms with van der Waals surface area (Å²) >= 11 is 0. The molecule has 2 N–H and O–H groups in total. The van der Waals surface area contributed by atoms with Crippen LogP contribution >= 0.6 is 12.4 Å². The van der Waals surface area contributed by atoms with Gasteiger partial charge < -0.3 is 20.4 Å². The average Bonchev–Trinajstić information content (AvgIpc) is 3.33. The van der Waals surface area contributed by atoms with Gasteiger partial charge in [-0.15, -0.1) is 12.4 Å². The molecule has 0 unspecified atom stereocenters. The Morgan fingerprint density at radius 3 is 2.44 bits per heavy atom.